The Morgan fingerprint density at radius 2 is 1.91 bits per heavy atom. The minimum absolute atomic E-state index is 0.0319. The summed E-state index contributed by atoms with van der Waals surface area (Å²) < 4.78 is 33.8. The van der Waals surface area contributed by atoms with Crippen molar-refractivity contribution < 1.29 is 64.2 Å². The number of nitriles is 1. The van der Waals surface area contributed by atoms with Crippen molar-refractivity contribution in [1.82, 2.24) is 4.57 Å². The number of carboxylic acid groups (broad SMARTS) is 1. The second-order valence-electron chi connectivity index (χ2n) is 19.7. The Labute approximate surface area is 402 Å². The molecule has 1 aromatic heterocycles. The smallest absolute Gasteiger partial charge is 0.335 e. The van der Waals surface area contributed by atoms with Gasteiger partial charge in [-0.3, -0.25) is 0 Å². The molecule has 69 heavy (non-hydrogen) atoms. The summed E-state index contributed by atoms with van der Waals surface area (Å²) in [7, 11) is 1.59. The van der Waals surface area contributed by atoms with Crippen molar-refractivity contribution >= 4 is 5.97 Å². The highest BCUT2D eigenvalue weighted by Gasteiger charge is 2.65. The molecule has 3 aromatic rings. The number of aromatic nitrogens is 1. The van der Waals surface area contributed by atoms with E-state index in [1.807, 2.05) is 47.1 Å². The van der Waals surface area contributed by atoms with E-state index in [-0.39, 0.29) is 75.2 Å². The second kappa shape index (κ2) is 21.3. The number of aliphatic hydroxyl groups excluding tert-OH is 5. The van der Waals surface area contributed by atoms with Gasteiger partial charge in [-0.05, 0) is 110 Å². The van der Waals surface area contributed by atoms with Gasteiger partial charge in [-0.15, -0.1) is 6.58 Å². The van der Waals surface area contributed by atoms with Crippen LogP contribution in [0.5, 0.6) is 5.75 Å². The van der Waals surface area contributed by atoms with Crippen molar-refractivity contribution in [3.05, 3.63) is 126 Å². The molecule has 14 unspecified atom stereocenters. The van der Waals surface area contributed by atoms with Crippen molar-refractivity contribution in [3.8, 4) is 23.8 Å². The fourth-order valence-electron chi connectivity index (χ4n) is 11.8. The molecule has 6 aliphatic rings. The summed E-state index contributed by atoms with van der Waals surface area (Å²) in [6, 6.07) is 15.7. The number of aromatic carboxylic acids is 1. The Hall–Kier alpha value is -5.46. The number of ether oxygens (including phenoxy) is 5. The van der Waals surface area contributed by atoms with Crippen LogP contribution < -0.4 is 4.74 Å². The third kappa shape index (κ3) is 10.3. The average Bonchev–Trinajstić information content (AvgIpc) is 3.90. The van der Waals surface area contributed by atoms with Crippen molar-refractivity contribution in [3.63, 3.8) is 0 Å². The molecule has 0 radical (unpaired) electrons. The highest BCUT2D eigenvalue weighted by molar-refractivity contribution is 5.87. The van der Waals surface area contributed by atoms with E-state index in [1.165, 1.54) is 6.26 Å². The molecule has 3 bridgehead atoms. The number of carboxylic acids is 1. The zero-order valence-corrected chi connectivity index (χ0v) is 38.9. The number of fused-ring (bicyclic) bond motifs is 7. The first kappa shape index (κ1) is 49.9. The van der Waals surface area contributed by atoms with Gasteiger partial charge in [0.05, 0.1) is 48.3 Å². The van der Waals surface area contributed by atoms with Crippen LogP contribution in [0.15, 0.2) is 98.1 Å². The lowest BCUT2D eigenvalue weighted by Crippen LogP contribution is -2.70. The molecule has 2 aliphatic carbocycles. The summed E-state index contributed by atoms with van der Waals surface area (Å²) in [4.78, 5) is 11.5. The molecule has 0 amide bonds. The van der Waals surface area contributed by atoms with Crippen molar-refractivity contribution in [2.24, 2.45) is 29.1 Å². The number of allylic oxidation sites excluding steroid dienone is 3. The zero-order valence-electron chi connectivity index (χ0n) is 38.9. The fourth-order valence-corrected chi connectivity index (χ4v) is 11.8. The van der Waals surface area contributed by atoms with Crippen LogP contribution in [0, 0.1) is 52.4 Å². The molecule has 15 nitrogen and oxygen atoms in total. The monoisotopic (exact) mass is 948 g/mol. The zero-order chi connectivity index (χ0) is 48.9. The highest BCUT2D eigenvalue weighted by atomic mass is 16.7. The first-order valence-electron chi connectivity index (χ1n) is 23.9. The van der Waals surface area contributed by atoms with Gasteiger partial charge in [0.15, 0.2) is 5.60 Å². The van der Waals surface area contributed by atoms with Crippen molar-refractivity contribution in [2.75, 3.05) is 26.9 Å². The molecule has 15 heteroatoms. The number of aliphatic hydroxyl groups is 6. The average molecular weight is 949 g/mol. The normalized spacial score (nSPS) is 33.2. The number of hydrogen-bond acceptors (Lipinski definition) is 13. The molecule has 2 fully saturated rings. The lowest BCUT2D eigenvalue weighted by atomic mass is 9.58. The van der Waals surface area contributed by atoms with E-state index in [9.17, 15) is 45.8 Å². The lowest BCUT2D eigenvalue weighted by Gasteiger charge is -2.53. The molecule has 4 aliphatic heterocycles. The standard InChI is InChI=1S/C54H64N2O13/c1-3-6-37-13-14-42(26-39(37)25-40(32-65-2)44(31-58)56-19-16-35(29-55)30-56)68-51-54-28-43(45(59)7-5-21-66-46(8-4-20-57)48(69-51)47(60)49(54)61)52(18-22-67-54)17-15-41-24-36(27-53(41,64)33-52)23-34-9-11-38(12-10-34)50(62)63/h3,9-19,22,26,30,36,40-41,43-49,51,57-61,64H,1,4,6-8,20,23-25,27-28,31-33H2,2H3,(H,62,63). The van der Waals surface area contributed by atoms with Crippen LogP contribution in [0.1, 0.15) is 83.6 Å². The van der Waals surface area contributed by atoms with E-state index >= 15 is 0 Å². The van der Waals surface area contributed by atoms with E-state index in [0.29, 0.717) is 43.4 Å². The number of hydrogen-bond donors (Lipinski definition) is 7. The van der Waals surface area contributed by atoms with E-state index in [2.05, 4.69) is 24.7 Å². The van der Waals surface area contributed by atoms with Crippen LogP contribution >= 0.6 is 0 Å². The van der Waals surface area contributed by atoms with Gasteiger partial charge in [0.1, 0.15) is 42.3 Å². The summed E-state index contributed by atoms with van der Waals surface area (Å²) in [6.07, 6.45) is 10.5. The van der Waals surface area contributed by atoms with Crippen LogP contribution in [0.3, 0.4) is 0 Å². The maximum absolute atomic E-state index is 12.6. The van der Waals surface area contributed by atoms with E-state index in [1.54, 1.807) is 49.8 Å². The molecule has 1 saturated carbocycles. The summed E-state index contributed by atoms with van der Waals surface area (Å²) in [6.45, 7) is 3.86. The maximum Gasteiger partial charge on any atom is 0.335 e. The Morgan fingerprint density at radius 1 is 1.10 bits per heavy atom. The number of rotatable bonds is 17. The van der Waals surface area contributed by atoms with Crippen LogP contribution in [0.2, 0.25) is 0 Å². The fraction of sp³-hybridized carbons (Fsp3) is 0.519. The molecule has 14 atom stereocenters. The molecule has 5 heterocycles. The molecule has 2 spiro atoms. The Kier molecular flexibility index (Phi) is 15.4. The minimum atomic E-state index is -1.85. The largest absolute Gasteiger partial charge is 0.486 e. The predicted molar refractivity (Wildman–Crippen MR) is 251 cm³/mol. The van der Waals surface area contributed by atoms with E-state index < -0.39 is 71.4 Å². The molecule has 9 rings (SSSR count). The minimum Gasteiger partial charge on any atom is -0.486 e. The molecule has 1 saturated heterocycles. The van der Waals surface area contributed by atoms with Gasteiger partial charge in [0.25, 0.3) is 0 Å². The topological polar surface area (TPSA) is 234 Å². The lowest BCUT2D eigenvalue weighted by molar-refractivity contribution is -0.334. The number of benzene rings is 2. The second-order valence-corrected chi connectivity index (χ2v) is 19.7. The van der Waals surface area contributed by atoms with Crippen LogP contribution in [-0.2, 0) is 38.2 Å². The Bertz CT molecular complexity index is 2450. The van der Waals surface area contributed by atoms with Gasteiger partial charge < -0.3 is 64.0 Å². The van der Waals surface area contributed by atoms with Crippen LogP contribution in [-0.4, -0.2) is 121 Å². The SMILES string of the molecule is C=CCc1ccc(OC2OC3C(CCCO)OC#CCC(O)C4CC2(OC=CC42C=CC4CC(Cc5ccc(C(=O)O)cc5)CC4(O)C2)C(O)C3O)cc1CC(COC)C(CO)n1ccc(C#N)c1. The van der Waals surface area contributed by atoms with E-state index in [0.717, 1.165) is 16.7 Å². The number of carbonyl (C=O) groups is 1. The van der Waals surface area contributed by atoms with Gasteiger partial charge in [0.2, 0.25) is 6.29 Å². The quantitative estimate of drug-likeness (QED) is 0.0714. The number of nitrogens with zero attached hydrogens (tertiary/aromatic N) is 2. The predicted octanol–water partition coefficient (Wildman–Crippen LogP) is 4.77. The Morgan fingerprint density at radius 3 is 2.62 bits per heavy atom. The van der Waals surface area contributed by atoms with Crippen molar-refractivity contribution in [1.29, 1.82) is 5.26 Å². The van der Waals surface area contributed by atoms with Gasteiger partial charge >= 0.3 is 5.97 Å². The highest BCUT2D eigenvalue weighted by Crippen LogP contribution is 2.58. The third-order valence-electron chi connectivity index (χ3n) is 15.3. The van der Waals surface area contributed by atoms with Crippen LogP contribution in [0.25, 0.3) is 0 Å². The number of methoxy groups -OCH3 is 1. The van der Waals surface area contributed by atoms with Gasteiger partial charge in [-0.25, -0.2) is 4.79 Å². The molecule has 368 valence electrons. The van der Waals surface area contributed by atoms with Crippen LogP contribution in [0.4, 0.5) is 0 Å². The Balaban J connectivity index is 1.14. The van der Waals surface area contributed by atoms with Gasteiger partial charge in [-0.1, -0.05) is 42.3 Å². The van der Waals surface area contributed by atoms with Gasteiger partial charge in [-0.2, -0.15) is 5.26 Å². The summed E-state index contributed by atoms with van der Waals surface area (Å²) in [5.74, 6) is 1.15. The van der Waals surface area contributed by atoms with Gasteiger partial charge in [0, 0.05) is 62.1 Å². The summed E-state index contributed by atoms with van der Waals surface area (Å²) in [5.41, 5.74) is -0.640. The van der Waals surface area contributed by atoms with E-state index in [4.69, 9.17) is 23.7 Å². The molecule has 7 N–H and O–H groups in total. The van der Waals surface area contributed by atoms with Crippen molar-refractivity contribution in [2.45, 2.75) is 118 Å². The first-order valence-corrected chi connectivity index (χ1v) is 23.9. The molecular formula is C54H64N2O13. The third-order valence-corrected chi connectivity index (χ3v) is 15.3. The summed E-state index contributed by atoms with van der Waals surface area (Å²) >= 11 is 0. The first-order chi connectivity index (χ1) is 33.3. The summed E-state index contributed by atoms with van der Waals surface area (Å²) in [5, 5.41) is 89.0. The molecular weight excluding hydrogens is 885 g/mol. The molecule has 2 aromatic carbocycles. The maximum atomic E-state index is 12.6.